The van der Waals surface area contributed by atoms with Gasteiger partial charge in [-0.3, -0.25) is 14.4 Å². The Hall–Kier alpha value is -2.41. The molecule has 0 aromatic heterocycles. The Balaban J connectivity index is 1.56. The average Bonchev–Trinajstić information content (AvgIpc) is 3.20. The first-order valence-corrected chi connectivity index (χ1v) is 9.75. The summed E-state index contributed by atoms with van der Waals surface area (Å²) in [6.07, 6.45) is 4.47. The molecule has 1 N–H and O–H groups in total. The lowest BCUT2D eigenvalue weighted by Crippen LogP contribution is -2.52. The van der Waals surface area contributed by atoms with Gasteiger partial charge in [0.1, 0.15) is 12.6 Å². The maximum Gasteiger partial charge on any atom is 0.256 e. The predicted molar refractivity (Wildman–Crippen MR) is 99.5 cm³/mol. The van der Waals surface area contributed by atoms with Crippen LogP contribution in [0.25, 0.3) is 0 Å². The normalized spacial score (nSPS) is 25.0. The summed E-state index contributed by atoms with van der Waals surface area (Å²) in [5.41, 5.74) is 1.01. The van der Waals surface area contributed by atoms with Crippen LogP contribution >= 0.6 is 0 Å². The quantitative estimate of drug-likeness (QED) is 0.866. The standard InChI is InChI=1S/C20H25N3O4/c24-18(21-12-14-6-5-11-27-14)13-23-16-8-2-1-7-15(16)19(25)22-10-4-3-9-17(22)20(23)26/h1-2,7-8,14,17H,3-6,9-13H2,(H,21,24). The highest BCUT2D eigenvalue weighted by molar-refractivity contribution is 6.12. The van der Waals surface area contributed by atoms with Crippen molar-refractivity contribution in [1.29, 1.82) is 0 Å². The van der Waals surface area contributed by atoms with Crippen molar-refractivity contribution >= 4 is 23.4 Å². The highest BCUT2D eigenvalue weighted by atomic mass is 16.5. The van der Waals surface area contributed by atoms with Gasteiger partial charge in [0.2, 0.25) is 11.8 Å². The molecule has 0 radical (unpaired) electrons. The van der Waals surface area contributed by atoms with Gasteiger partial charge in [-0.15, -0.1) is 0 Å². The monoisotopic (exact) mass is 371 g/mol. The van der Waals surface area contributed by atoms with Gasteiger partial charge in [-0.2, -0.15) is 0 Å². The third-order valence-electron chi connectivity index (χ3n) is 5.59. The van der Waals surface area contributed by atoms with Gasteiger partial charge < -0.3 is 19.9 Å². The molecule has 4 rings (SSSR count). The maximum atomic E-state index is 13.2. The average molecular weight is 371 g/mol. The molecule has 3 heterocycles. The second-order valence-electron chi connectivity index (χ2n) is 7.39. The predicted octanol–water partition coefficient (Wildman–Crippen LogP) is 1.32. The Morgan fingerprint density at radius 3 is 2.81 bits per heavy atom. The highest BCUT2D eigenvalue weighted by Gasteiger charge is 2.40. The van der Waals surface area contributed by atoms with E-state index in [1.54, 1.807) is 29.2 Å². The number of amides is 3. The number of hydrogen-bond acceptors (Lipinski definition) is 4. The number of nitrogens with zero attached hydrogens (tertiary/aromatic N) is 2. The third kappa shape index (κ3) is 3.56. The zero-order valence-corrected chi connectivity index (χ0v) is 15.4. The molecular weight excluding hydrogens is 346 g/mol. The first kappa shape index (κ1) is 18.0. The minimum atomic E-state index is -0.482. The van der Waals surface area contributed by atoms with Crippen LogP contribution in [0.15, 0.2) is 24.3 Å². The van der Waals surface area contributed by atoms with Gasteiger partial charge in [-0.05, 0) is 44.2 Å². The summed E-state index contributed by atoms with van der Waals surface area (Å²) < 4.78 is 5.53. The van der Waals surface area contributed by atoms with Gasteiger partial charge in [0, 0.05) is 19.7 Å². The maximum absolute atomic E-state index is 13.2. The van der Waals surface area contributed by atoms with Gasteiger partial charge in [-0.25, -0.2) is 0 Å². The lowest BCUT2D eigenvalue weighted by molar-refractivity contribution is -0.127. The molecule has 0 spiro atoms. The summed E-state index contributed by atoms with van der Waals surface area (Å²) in [4.78, 5) is 41.9. The number of para-hydroxylation sites is 1. The Bertz CT molecular complexity index is 744. The molecule has 1 aromatic carbocycles. The number of nitrogens with one attached hydrogen (secondary N) is 1. The lowest BCUT2D eigenvalue weighted by atomic mass is 10.0. The topological polar surface area (TPSA) is 79.0 Å². The number of carbonyl (C=O) groups excluding carboxylic acids is 3. The number of rotatable bonds is 4. The number of ether oxygens (including phenoxy) is 1. The van der Waals surface area contributed by atoms with Crippen molar-refractivity contribution in [2.45, 2.75) is 44.2 Å². The van der Waals surface area contributed by atoms with Crippen LogP contribution < -0.4 is 10.2 Å². The fourth-order valence-electron chi connectivity index (χ4n) is 4.17. The van der Waals surface area contributed by atoms with Gasteiger partial charge in [0.15, 0.2) is 0 Å². The van der Waals surface area contributed by atoms with E-state index in [2.05, 4.69) is 5.32 Å². The Labute approximate surface area is 158 Å². The van der Waals surface area contributed by atoms with E-state index in [1.807, 2.05) is 0 Å². The molecule has 2 fully saturated rings. The number of benzene rings is 1. The molecule has 3 aliphatic heterocycles. The van der Waals surface area contributed by atoms with E-state index in [0.717, 1.165) is 32.3 Å². The zero-order valence-electron chi connectivity index (χ0n) is 15.4. The van der Waals surface area contributed by atoms with Crippen LogP contribution in [0, 0.1) is 0 Å². The number of fused-ring (bicyclic) bond motifs is 2. The van der Waals surface area contributed by atoms with Crippen LogP contribution in [0.5, 0.6) is 0 Å². The van der Waals surface area contributed by atoms with E-state index in [-0.39, 0.29) is 30.4 Å². The Morgan fingerprint density at radius 1 is 1.15 bits per heavy atom. The van der Waals surface area contributed by atoms with Crippen LogP contribution in [0.1, 0.15) is 42.5 Å². The summed E-state index contributed by atoms with van der Waals surface area (Å²) in [5.74, 6) is -0.517. The summed E-state index contributed by atoms with van der Waals surface area (Å²) in [5, 5.41) is 2.87. The van der Waals surface area contributed by atoms with Gasteiger partial charge in [0.05, 0.1) is 17.4 Å². The minimum Gasteiger partial charge on any atom is -0.376 e. The number of anilines is 1. The van der Waals surface area contributed by atoms with E-state index in [1.165, 1.54) is 4.90 Å². The molecule has 7 nitrogen and oxygen atoms in total. The van der Waals surface area contributed by atoms with Crippen molar-refractivity contribution in [1.82, 2.24) is 10.2 Å². The van der Waals surface area contributed by atoms with E-state index in [0.29, 0.717) is 30.8 Å². The largest absolute Gasteiger partial charge is 0.376 e. The molecule has 1 aromatic rings. The van der Waals surface area contributed by atoms with Gasteiger partial charge in [-0.1, -0.05) is 12.1 Å². The molecule has 3 aliphatic rings. The third-order valence-corrected chi connectivity index (χ3v) is 5.59. The molecule has 2 atom stereocenters. The molecule has 7 heteroatoms. The molecule has 0 bridgehead atoms. The number of carbonyl (C=O) groups is 3. The van der Waals surface area contributed by atoms with Crippen LogP contribution in [0.2, 0.25) is 0 Å². The van der Waals surface area contributed by atoms with Gasteiger partial charge in [0.25, 0.3) is 5.91 Å². The van der Waals surface area contributed by atoms with Crippen molar-refractivity contribution in [3.63, 3.8) is 0 Å². The van der Waals surface area contributed by atoms with E-state index >= 15 is 0 Å². The van der Waals surface area contributed by atoms with Crippen molar-refractivity contribution in [3.05, 3.63) is 29.8 Å². The SMILES string of the molecule is O=C(CN1C(=O)C2CCCCN2C(=O)c2ccccc21)NCC1CCCO1. The molecule has 27 heavy (non-hydrogen) atoms. The zero-order chi connectivity index (χ0) is 18.8. The Kier molecular flexibility index (Phi) is 5.11. The van der Waals surface area contributed by atoms with Crippen LogP contribution in [-0.2, 0) is 14.3 Å². The van der Waals surface area contributed by atoms with E-state index in [9.17, 15) is 14.4 Å². The van der Waals surface area contributed by atoms with Crippen LogP contribution in [-0.4, -0.2) is 61.0 Å². The molecule has 0 aliphatic carbocycles. The van der Waals surface area contributed by atoms with Crippen molar-refractivity contribution in [3.8, 4) is 0 Å². The minimum absolute atomic E-state index is 0.0523. The fraction of sp³-hybridized carbons (Fsp3) is 0.550. The Morgan fingerprint density at radius 2 is 2.00 bits per heavy atom. The van der Waals surface area contributed by atoms with Crippen LogP contribution in [0.3, 0.4) is 0 Å². The van der Waals surface area contributed by atoms with Crippen molar-refractivity contribution in [2.75, 3.05) is 31.1 Å². The summed E-state index contributed by atoms with van der Waals surface area (Å²) in [7, 11) is 0. The second-order valence-corrected chi connectivity index (χ2v) is 7.39. The van der Waals surface area contributed by atoms with Crippen LogP contribution in [0.4, 0.5) is 5.69 Å². The van der Waals surface area contributed by atoms with E-state index < -0.39 is 6.04 Å². The van der Waals surface area contributed by atoms with E-state index in [4.69, 9.17) is 4.74 Å². The first-order chi connectivity index (χ1) is 13.1. The lowest BCUT2D eigenvalue weighted by Gasteiger charge is -2.34. The summed E-state index contributed by atoms with van der Waals surface area (Å²) >= 11 is 0. The number of hydrogen-bond donors (Lipinski definition) is 1. The summed E-state index contributed by atoms with van der Waals surface area (Å²) in [6, 6.07) is 6.59. The molecule has 2 unspecified atom stereocenters. The first-order valence-electron chi connectivity index (χ1n) is 9.75. The molecule has 144 valence electrons. The molecular formula is C20H25N3O4. The second kappa shape index (κ2) is 7.68. The fourth-order valence-corrected chi connectivity index (χ4v) is 4.17. The smallest absolute Gasteiger partial charge is 0.256 e. The summed E-state index contributed by atoms with van der Waals surface area (Å²) in [6.45, 7) is 1.69. The molecule has 2 saturated heterocycles. The molecule has 3 amide bonds. The van der Waals surface area contributed by atoms with Crippen molar-refractivity contribution < 1.29 is 19.1 Å². The van der Waals surface area contributed by atoms with Gasteiger partial charge >= 0.3 is 0 Å². The van der Waals surface area contributed by atoms with Crippen molar-refractivity contribution in [2.24, 2.45) is 0 Å². The highest BCUT2D eigenvalue weighted by Crippen LogP contribution is 2.31. The molecule has 0 saturated carbocycles. The number of piperidine rings is 1.